The van der Waals surface area contributed by atoms with Gasteiger partial charge in [-0.1, -0.05) is 20.8 Å². The molecule has 1 saturated carbocycles. The van der Waals surface area contributed by atoms with Crippen LogP contribution in [0.5, 0.6) is 0 Å². The van der Waals surface area contributed by atoms with E-state index in [1.807, 2.05) is 0 Å². The minimum absolute atomic E-state index is 0.461. The van der Waals surface area contributed by atoms with Gasteiger partial charge in [-0.15, -0.1) is 0 Å². The van der Waals surface area contributed by atoms with Crippen LogP contribution in [0.15, 0.2) is 0 Å². The van der Waals surface area contributed by atoms with Crippen molar-refractivity contribution in [3.63, 3.8) is 0 Å². The average molecular weight is 224 g/mol. The van der Waals surface area contributed by atoms with Crippen LogP contribution < -0.4 is 5.73 Å². The molecule has 0 spiro atoms. The lowest BCUT2D eigenvalue weighted by Gasteiger charge is -2.35. The fraction of sp³-hybridized carbons (Fsp3) is 1.00. The van der Waals surface area contributed by atoms with E-state index in [1.165, 1.54) is 38.9 Å². The van der Waals surface area contributed by atoms with E-state index in [9.17, 15) is 0 Å². The van der Waals surface area contributed by atoms with Crippen molar-refractivity contribution < 1.29 is 0 Å². The summed E-state index contributed by atoms with van der Waals surface area (Å²) in [4.78, 5) is 2.65. The zero-order valence-corrected chi connectivity index (χ0v) is 11.2. The van der Waals surface area contributed by atoms with Crippen molar-refractivity contribution >= 4 is 0 Å². The maximum absolute atomic E-state index is 6.26. The first-order valence-corrected chi connectivity index (χ1v) is 7.04. The molecule has 2 heteroatoms. The number of likely N-dealkylation sites (tertiary alicyclic amines) is 1. The van der Waals surface area contributed by atoms with Gasteiger partial charge in [0.2, 0.25) is 0 Å². The second-order valence-corrected chi connectivity index (χ2v) is 6.52. The van der Waals surface area contributed by atoms with Crippen molar-refractivity contribution in [2.45, 2.75) is 46.1 Å². The van der Waals surface area contributed by atoms with Crippen LogP contribution in [0.1, 0.15) is 40.0 Å². The van der Waals surface area contributed by atoms with Gasteiger partial charge in [-0.25, -0.2) is 0 Å². The summed E-state index contributed by atoms with van der Waals surface area (Å²) in [6, 6.07) is 0.461. The van der Waals surface area contributed by atoms with Crippen molar-refractivity contribution in [3.05, 3.63) is 0 Å². The summed E-state index contributed by atoms with van der Waals surface area (Å²) < 4.78 is 0. The van der Waals surface area contributed by atoms with Crippen LogP contribution in [-0.4, -0.2) is 30.6 Å². The minimum atomic E-state index is 0.461. The third-order valence-electron chi connectivity index (χ3n) is 4.86. The lowest BCUT2D eigenvalue weighted by molar-refractivity contribution is 0.177. The predicted molar refractivity (Wildman–Crippen MR) is 69.2 cm³/mol. The molecule has 2 N–H and O–H groups in total. The number of hydrogen-bond acceptors (Lipinski definition) is 2. The van der Waals surface area contributed by atoms with Crippen LogP contribution in [0.4, 0.5) is 0 Å². The van der Waals surface area contributed by atoms with Gasteiger partial charge < -0.3 is 10.6 Å². The average Bonchev–Trinajstić information content (AvgIpc) is 2.52. The van der Waals surface area contributed by atoms with Crippen LogP contribution in [0.3, 0.4) is 0 Å². The van der Waals surface area contributed by atoms with Crippen LogP contribution in [0.2, 0.25) is 0 Å². The minimum Gasteiger partial charge on any atom is -0.327 e. The van der Waals surface area contributed by atoms with Crippen LogP contribution >= 0.6 is 0 Å². The summed E-state index contributed by atoms with van der Waals surface area (Å²) >= 11 is 0. The van der Waals surface area contributed by atoms with E-state index in [4.69, 9.17) is 5.73 Å². The molecule has 1 aliphatic heterocycles. The molecule has 94 valence electrons. The Bertz CT molecular complexity index is 219. The zero-order chi connectivity index (χ0) is 11.7. The molecule has 5 atom stereocenters. The van der Waals surface area contributed by atoms with Crippen molar-refractivity contribution in [1.29, 1.82) is 0 Å². The summed E-state index contributed by atoms with van der Waals surface area (Å²) in [7, 11) is 0. The van der Waals surface area contributed by atoms with Crippen molar-refractivity contribution in [2.24, 2.45) is 29.4 Å². The molecule has 0 amide bonds. The highest BCUT2D eigenvalue weighted by Crippen LogP contribution is 2.30. The monoisotopic (exact) mass is 224 g/mol. The molecule has 0 aromatic carbocycles. The van der Waals surface area contributed by atoms with E-state index in [0.717, 1.165) is 23.7 Å². The van der Waals surface area contributed by atoms with Crippen molar-refractivity contribution in [2.75, 3.05) is 19.6 Å². The Morgan fingerprint density at radius 3 is 2.31 bits per heavy atom. The molecule has 0 bridgehead atoms. The Hall–Kier alpha value is -0.0800. The standard InChI is InChI=1S/C14H28N2/c1-10-4-5-14(15)13(6-10)9-16-7-11(2)12(3)8-16/h10-14H,4-9,15H2,1-3H3. The van der Waals surface area contributed by atoms with Crippen molar-refractivity contribution in [3.8, 4) is 0 Å². The molecule has 2 nitrogen and oxygen atoms in total. The highest BCUT2D eigenvalue weighted by Gasteiger charge is 2.31. The molecule has 5 unspecified atom stereocenters. The van der Waals surface area contributed by atoms with E-state index in [1.54, 1.807) is 0 Å². The van der Waals surface area contributed by atoms with E-state index in [-0.39, 0.29) is 0 Å². The highest BCUT2D eigenvalue weighted by molar-refractivity contribution is 4.86. The van der Waals surface area contributed by atoms with E-state index in [2.05, 4.69) is 25.7 Å². The molecule has 1 saturated heterocycles. The molecular weight excluding hydrogens is 196 g/mol. The smallest absolute Gasteiger partial charge is 0.00795 e. The molecular formula is C14H28N2. The van der Waals surface area contributed by atoms with Gasteiger partial charge in [-0.2, -0.15) is 0 Å². The first kappa shape index (κ1) is 12.4. The van der Waals surface area contributed by atoms with Gasteiger partial charge in [0, 0.05) is 25.7 Å². The van der Waals surface area contributed by atoms with Gasteiger partial charge in [-0.3, -0.25) is 0 Å². The fourth-order valence-corrected chi connectivity index (χ4v) is 3.46. The van der Waals surface area contributed by atoms with E-state index >= 15 is 0 Å². The molecule has 2 fully saturated rings. The van der Waals surface area contributed by atoms with E-state index < -0.39 is 0 Å². The Balaban J connectivity index is 1.84. The lowest BCUT2D eigenvalue weighted by atomic mass is 9.79. The first-order chi connectivity index (χ1) is 7.56. The maximum Gasteiger partial charge on any atom is 0.00795 e. The van der Waals surface area contributed by atoms with Gasteiger partial charge in [0.15, 0.2) is 0 Å². The van der Waals surface area contributed by atoms with E-state index in [0.29, 0.717) is 6.04 Å². The summed E-state index contributed by atoms with van der Waals surface area (Å²) in [6.07, 6.45) is 3.93. The first-order valence-electron chi connectivity index (χ1n) is 7.04. The lowest BCUT2D eigenvalue weighted by Crippen LogP contribution is -2.42. The highest BCUT2D eigenvalue weighted by atomic mass is 15.2. The number of hydrogen-bond donors (Lipinski definition) is 1. The van der Waals surface area contributed by atoms with Crippen molar-refractivity contribution in [1.82, 2.24) is 4.90 Å². The molecule has 2 aliphatic rings. The Morgan fingerprint density at radius 1 is 1.06 bits per heavy atom. The molecule has 2 rings (SSSR count). The number of rotatable bonds is 2. The third-order valence-corrected chi connectivity index (χ3v) is 4.86. The molecule has 0 radical (unpaired) electrons. The number of nitrogens with two attached hydrogens (primary N) is 1. The Labute approximate surface area is 101 Å². The van der Waals surface area contributed by atoms with Gasteiger partial charge >= 0.3 is 0 Å². The number of nitrogens with zero attached hydrogens (tertiary/aromatic N) is 1. The van der Waals surface area contributed by atoms with Crippen LogP contribution in [-0.2, 0) is 0 Å². The normalized spacial score (nSPS) is 46.1. The van der Waals surface area contributed by atoms with Gasteiger partial charge in [-0.05, 0) is 42.9 Å². The second-order valence-electron chi connectivity index (χ2n) is 6.52. The summed E-state index contributed by atoms with van der Waals surface area (Å²) in [5.74, 6) is 3.39. The predicted octanol–water partition coefficient (Wildman–Crippen LogP) is 2.34. The van der Waals surface area contributed by atoms with Gasteiger partial charge in [0.1, 0.15) is 0 Å². The zero-order valence-electron chi connectivity index (χ0n) is 11.2. The largest absolute Gasteiger partial charge is 0.327 e. The summed E-state index contributed by atoms with van der Waals surface area (Å²) in [5.41, 5.74) is 6.26. The SMILES string of the molecule is CC1CCC(N)C(CN2CC(C)C(C)C2)C1. The summed E-state index contributed by atoms with van der Waals surface area (Å²) in [5, 5.41) is 0. The topological polar surface area (TPSA) is 29.3 Å². The molecule has 0 aromatic rings. The molecule has 0 aromatic heterocycles. The Morgan fingerprint density at radius 2 is 1.69 bits per heavy atom. The maximum atomic E-state index is 6.26. The molecule has 1 heterocycles. The third kappa shape index (κ3) is 2.78. The van der Waals surface area contributed by atoms with Crippen LogP contribution in [0.25, 0.3) is 0 Å². The van der Waals surface area contributed by atoms with Gasteiger partial charge in [0.05, 0.1) is 0 Å². The second kappa shape index (κ2) is 5.05. The molecule has 16 heavy (non-hydrogen) atoms. The van der Waals surface area contributed by atoms with Gasteiger partial charge in [0.25, 0.3) is 0 Å². The summed E-state index contributed by atoms with van der Waals surface area (Å²) in [6.45, 7) is 11.0. The Kier molecular flexibility index (Phi) is 3.91. The van der Waals surface area contributed by atoms with Crippen LogP contribution in [0, 0.1) is 23.7 Å². The quantitative estimate of drug-likeness (QED) is 0.780. The molecule has 1 aliphatic carbocycles. The fourth-order valence-electron chi connectivity index (χ4n) is 3.46.